The van der Waals surface area contributed by atoms with Gasteiger partial charge in [0.25, 0.3) is 0 Å². The number of anilines is 1. The molecule has 0 radical (unpaired) electrons. The number of hydrogen-bond donors (Lipinski definition) is 1. The van der Waals surface area contributed by atoms with E-state index in [4.69, 9.17) is 0 Å². The van der Waals surface area contributed by atoms with E-state index < -0.39 is 10.0 Å². The topological polar surface area (TPSA) is 62.3 Å². The summed E-state index contributed by atoms with van der Waals surface area (Å²) in [4.78, 5) is 6.68. The largest absolute Gasteiger partial charge is 0.346 e. The van der Waals surface area contributed by atoms with Crippen LogP contribution in [0.5, 0.6) is 0 Å². The standard InChI is InChI=1S/C12H19N3O2S2/c1-9-8-18-12(13-9)15-6-2-3-10(7-15)14-19(16,17)11-4-5-11/h8,10-11,14H,2-7H2,1H3. The fourth-order valence-electron chi connectivity index (χ4n) is 2.44. The van der Waals surface area contributed by atoms with Gasteiger partial charge >= 0.3 is 0 Å². The minimum Gasteiger partial charge on any atom is -0.346 e. The zero-order valence-corrected chi connectivity index (χ0v) is 12.6. The number of hydrogen-bond acceptors (Lipinski definition) is 5. The van der Waals surface area contributed by atoms with Gasteiger partial charge in [-0.3, -0.25) is 0 Å². The van der Waals surface area contributed by atoms with E-state index in [0.29, 0.717) is 0 Å². The Hall–Kier alpha value is -0.660. The highest BCUT2D eigenvalue weighted by molar-refractivity contribution is 7.90. The number of piperidine rings is 1. The third-order valence-corrected chi connectivity index (χ3v) is 6.62. The molecule has 1 aromatic rings. The lowest BCUT2D eigenvalue weighted by Crippen LogP contribution is -2.48. The lowest BCUT2D eigenvalue weighted by molar-refractivity contribution is 0.465. The molecule has 106 valence electrons. The summed E-state index contributed by atoms with van der Waals surface area (Å²) >= 11 is 1.63. The molecule has 2 heterocycles. The molecular formula is C12H19N3O2S2. The van der Waals surface area contributed by atoms with Gasteiger partial charge in [0.1, 0.15) is 0 Å². The Morgan fingerprint density at radius 2 is 2.21 bits per heavy atom. The van der Waals surface area contributed by atoms with E-state index in [9.17, 15) is 8.42 Å². The minimum absolute atomic E-state index is 0.0311. The monoisotopic (exact) mass is 301 g/mol. The Morgan fingerprint density at radius 3 is 2.84 bits per heavy atom. The van der Waals surface area contributed by atoms with Crippen molar-refractivity contribution in [2.24, 2.45) is 0 Å². The highest BCUT2D eigenvalue weighted by Gasteiger charge is 2.37. The summed E-state index contributed by atoms with van der Waals surface area (Å²) in [6, 6.07) is 0.0311. The van der Waals surface area contributed by atoms with Gasteiger partial charge in [-0.1, -0.05) is 0 Å². The van der Waals surface area contributed by atoms with Crippen LogP contribution in [-0.4, -0.2) is 37.8 Å². The van der Waals surface area contributed by atoms with E-state index in [2.05, 4.69) is 14.6 Å². The van der Waals surface area contributed by atoms with Gasteiger partial charge in [0.05, 0.1) is 10.9 Å². The zero-order valence-electron chi connectivity index (χ0n) is 11.0. The van der Waals surface area contributed by atoms with Crippen LogP contribution in [0.4, 0.5) is 5.13 Å². The lowest BCUT2D eigenvalue weighted by atomic mass is 10.1. The maximum Gasteiger partial charge on any atom is 0.214 e. The molecule has 0 amide bonds. The first kappa shape index (κ1) is 13.3. The quantitative estimate of drug-likeness (QED) is 0.915. The first-order chi connectivity index (χ1) is 9.04. The molecule has 0 aromatic carbocycles. The Bertz CT molecular complexity index is 551. The van der Waals surface area contributed by atoms with Gasteiger partial charge in [0.15, 0.2) is 5.13 Å². The van der Waals surface area contributed by atoms with Gasteiger partial charge in [-0.05, 0) is 32.6 Å². The number of thiazole rings is 1. The minimum atomic E-state index is -3.08. The van der Waals surface area contributed by atoms with Crippen molar-refractivity contribution in [3.05, 3.63) is 11.1 Å². The molecule has 1 aromatic heterocycles. The molecule has 1 aliphatic heterocycles. The van der Waals surface area contributed by atoms with Gasteiger partial charge in [0.2, 0.25) is 10.0 Å². The second-order valence-electron chi connectivity index (χ2n) is 5.42. The van der Waals surface area contributed by atoms with Crippen LogP contribution >= 0.6 is 11.3 Å². The summed E-state index contributed by atoms with van der Waals surface area (Å²) in [6.45, 7) is 3.69. The van der Waals surface area contributed by atoms with Gasteiger partial charge in [0, 0.05) is 24.5 Å². The summed E-state index contributed by atoms with van der Waals surface area (Å²) in [6.07, 6.45) is 3.57. The predicted octanol–water partition coefficient (Wildman–Crippen LogP) is 1.50. The van der Waals surface area contributed by atoms with Crippen molar-refractivity contribution >= 4 is 26.5 Å². The SMILES string of the molecule is Cc1csc(N2CCCC(NS(=O)(=O)C3CC3)C2)n1. The number of sulfonamides is 1. The molecule has 0 bridgehead atoms. The molecule has 2 fully saturated rings. The van der Waals surface area contributed by atoms with Crippen LogP contribution in [0, 0.1) is 6.92 Å². The molecule has 0 spiro atoms. The number of nitrogens with one attached hydrogen (secondary N) is 1. The van der Waals surface area contributed by atoms with Crippen LogP contribution in [0.3, 0.4) is 0 Å². The van der Waals surface area contributed by atoms with Crippen LogP contribution < -0.4 is 9.62 Å². The molecule has 2 aliphatic rings. The van der Waals surface area contributed by atoms with Crippen LogP contribution in [0.25, 0.3) is 0 Å². The maximum atomic E-state index is 12.0. The van der Waals surface area contributed by atoms with Crippen LogP contribution in [0.15, 0.2) is 5.38 Å². The van der Waals surface area contributed by atoms with E-state index in [1.54, 1.807) is 11.3 Å². The molecule has 5 nitrogen and oxygen atoms in total. The van der Waals surface area contributed by atoms with Crippen molar-refractivity contribution in [1.82, 2.24) is 9.71 Å². The molecule has 1 unspecified atom stereocenters. The number of nitrogens with zero attached hydrogens (tertiary/aromatic N) is 2. The van der Waals surface area contributed by atoms with Crippen molar-refractivity contribution in [3.8, 4) is 0 Å². The number of aromatic nitrogens is 1. The molecule has 1 aliphatic carbocycles. The first-order valence-corrected chi connectivity index (χ1v) is 9.15. The fraction of sp³-hybridized carbons (Fsp3) is 0.750. The Morgan fingerprint density at radius 1 is 1.42 bits per heavy atom. The molecule has 3 rings (SSSR count). The van der Waals surface area contributed by atoms with Crippen molar-refractivity contribution in [3.63, 3.8) is 0 Å². The number of aryl methyl sites for hydroxylation is 1. The van der Waals surface area contributed by atoms with Crippen molar-refractivity contribution in [2.75, 3.05) is 18.0 Å². The van der Waals surface area contributed by atoms with E-state index in [1.807, 2.05) is 12.3 Å². The second-order valence-corrected chi connectivity index (χ2v) is 8.25. The average molecular weight is 301 g/mol. The Kier molecular flexibility index (Phi) is 3.53. The Labute approximate surface area is 118 Å². The van der Waals surface area contributed by atoms with E-state index in [0.717, 1.165) is 49.6 Å². The predicted molar refractivity (Wildman–Crippen MR) is 77.2 cm³/mol. The molecule has 1 N–H and O–H groups in total. The summed E-state index contributed by atoms with van der Waals surface area (Å²) in [5.41, 5.74) is 1.03. The summed E-state index contributed by atoms with van der Waals surface area (Å²) in [7, 11) is -3.08. The van der Waals surface area contributed by atoms with E-state index in [-0.39, 0.29) is 11.3 Å². The highest BCUT2D eigenvalue weighted by atomic mass is 32.2. The van der Waals surface area contributed by atoms with Crippen molar-refractivity contribution in [1.29, 1.82) is 0 Å². The second kappa shape index (κ2) is 5.03. The molecule has 1 atom stereocenters. The molecule has 1 saturated heterocycles. The highest BCUT2D eigenvalue weighted by Crippen LogP contribution is 2.29. The number of rotatable bonds is 4. The van der Waals surface area contributed by atoms with Crippen LogP contribution in [-0.2, 0) is 10.0 Å². The van der Waals surface area contributed by atoms with Gasteiger partial charge in [-0.15, -0.1) is 11.3 Å². The van der Waals surface area contributed by atoms with E-state index >= 15 is 0 Å². The van der Waals surface area contributed by atoms with Crippen molar-refractivity contribution < 1.29 is 8.42 Å². The zero-order chi connectivity index (χ0) is 13.5. The molecule has 7 heteroatoms. The third-order valence-electron chi connectivity index (χ3n) is 3.59. The van der Waals surface area contributed by atoms with Gasteiger partial charge < -0.3 is 4.90 Å². The maximum absolute atomic E-state index is 12.0. The van der Waals surface area contributed by atoms with Crippen LogP contribution in [0.2, 0.25) is 0 Å². The molecular weight excluding hydrogens is 282 g/mol. The fourth-order valence-corrected chi connectivity index (χ4v) is 4.89. The average Bonchev–Trinajstić information content (AvgIpc) is 3.13. The Balaban J connectivity index is 1.65. The van der Waals surface area contributed by atoms with Gasteiger partial charge in [-0.2, -0.15) is 0 Å². The molecule has 19 heavy (non-hydrogen) atoms. The third kappa shape index (κ3) is 3.09. The lowest BCUT2D eigenvalue weighted by Gasteiger charge is -2.32. The van der Waals surface area contributed by atoms with Crippen LogP contribution in [0.1, 0.15) is 31.4 Å². The summed E-state index contributed by atoms with van der Waals surface area (Å²) in [5, 5.41) is 2.91. The van der Waals surface area contributed by atoms with Gasteiger partial charge in [-0.25, -0.2) is 18.1 Å². The first-order valence-electron chi connectivity index (χ1n) is 6.73. The summed E-state index contributed by atoms with van der Waals surface area (Å²) < 4.78 is 26.8. The van der Waals surface area contributed by atoms with E-state index in [1.165, 1.54) is 0 Å². The summed E-state index contributed by atoms with van der Waals surface area (Å²) in [5.74, 6) is 0. The smallest absolute Gasteiger partial charge is 0.214 e. The normalized spacial score (nSPS) is 24.7. The van der Waals surface area contributed by atoms with Crippen molar-refractivity contribution in [2.45, 2.75) is 43.9 Å². The molecule has 1 saturated carbocycles.